The highest BCUT2D eigenvalue weighted by atomic mass is 16.5. The maximum atomic E-state index is 11.7. The van der Waals surface area contributed by atoms with E-state index in [0.717, 1.165) is 18.7 Å². The molecule has 1 fully saturated rings. The average Bonchev–Trinajstić information content (AvgIpc) is 2.48. The number of carbonyl (C=O) groups is 1. The molecule has 0 bridgehead atoms. The summed E-state index contributed by atoms with van der Waals surface area (Å²) in [7, 11) is 1.67. The minimum absolute atomic E-state index is 0.00463. The fourth-order valence-corrected chi connectivity index (χ4v) is 2.35. The quantitative estimate of drug-likeness (QED) is 0.822. The van der Waals surface area contributed by atoms with Gasteiger partial charge in [0.15, 0.2) is 0 Å². The number of anilines is 1. The van der Waals surface area contributed by atoms with Crippen molar-refractivity contribution < 1.29 is 14.3 Å². The Labute approximate surface area is 118 Å². The normalized spacial score (nSPS) is 22.6. The highest BCUT2D eigenvalue weighted by molar-refractivity contribution is 5.90. The molecule has 20 heavy (non-hydrogen) atoms. The van der Waals surface area contributed by atoms with Crippen molar-refractivity contribution in [3.8, 4) is 0 Å². The van der Waals surface area contributed by atoms with Crippen molar-refractivity contribution in [3.63, 3.8) is 0 Å². The summed E-state index contributed by atoms with van der Waals surface area (Å²) in [6.07, 6.45) is 4.11. The molecule has 110 valence electrons. The molecule has 0 unspecified atom stereocenters. The molecular formula is C14H21N3O3. The largest absolute Gasteiger partial charge is 0.462 e. The molecule has 0 amide bonds. The SMILES string of the molecule is CCOC(=O)c1cncc(N2CC[C@@H](N)[C@@H](OC)C2)c1. The predicted molar refractivity (Wildman–Crippen MR) is 75.8 cm³/mol. The molecule has 0 radical (unpaired) electrons. The van der Waals surface area contributed by atoms with Crippen LogP contribution in [0.4, 0.5) is 5.69 Å². The molecular weight excluding hydrogens is 258 g/mol. The Hall–Kier alpha value is -1.66. The fourth-order valence-electron chi connectivity index (χ4n) is 2.35. The summed E-state index contributed by atoms with van der Waals surface area (Å²) < 4.78 is 10.4. The zero-order chi connectivity index (χ0) is 14.5. The Kier molecular flexibility index (Phi) is 4.92. The third-order valence-electron chi connectivity index (χ3n) is 3.51. The summed E-state index contributed by atoms with van der Waals surface area (Å²) in [5.41, 5.74) is 7.37. The lowest BCUT2D eigenvalue weighted by molar-refractivity contribution is 0.0526. The molecule has 0 aromatic carbocycles. The number of hydrogen-bond acceptors (Lipinski definition) is 6. The highest BCUT2D eigenvalue weighted by Gasteiger charge is 2.27. The lowest BCUT2D eigenvalue weighted by Crippen LogP contribution is -2.51. The molecule has 2 rings (SSSR count). The summed E-state index contributed by atoms with van der Waals surface area (Å²) in [4.78, 5) is 18.0. The first-order valence-corrected chi connectivity index (χ1v) is 6.81. The molecule has 0 saturated carbocycles. The zero-order valence-corrected chi connectivity index (χ0v) is 11.9. The summed E-state index contributed by atoms with van der Waals surface area (Å²) in [5, 5.41) is 0. The van der Waals surface area contributed by atoms with Crippen LogP contribution in [0.2, 0.25) is 0 Å². The minimum Gasteiger partial charge on any atom is -0.462 e. The summed E-state index contributed by atoms with van der Waals surface area (Å²) in [6, 6.07) is 1.85. The number of methoxy groups -OCH3 is 1. The molecule has 0 spiro atoms. The van der Waals surface area contributed by atoms with Crippen molar-refractivity contribution in [3.05, 3.63) is 24.0 Å². The van der Waals surface area contributed by atoms with E-state index in [1.165, 1.54) is 6.20 Å². The van der Waals surface area contributed by atoms with Gasteiger partial charge in [0, 0.05) is 32.4 Å². The number of piperidine rings is 1. The van der Waals surface area contributed by atoms with Gasteiger partial charge >= 0.3 is 5.97 Å². The molecule has 2 atom stereocenters. The number of hydrogen-bond donors (Lipinski definition) is 1. The number of rotatable bonds is 4. The third-order valence-corrected chi connectivity index (χ3v) is 3.51. The molecule has 1 aliphatic heterocycles. The van der Waals surface area contributed by atoms with Crippen molar-refractivity contribution >= 4 is 11.7 Å². The standard InChI is InChI=1S/C14H21N3O3/c1-3-20-14(18)10-6-11(8-16-7-10)17-5-4-12(15)13(9-17)19-2/h6-8,12-13H,3-5,9,15H2,1-2H3/t12-,13+/m1/s1. The molecule has 1 aliphatic rings. The average molecular weight is 279 g/mol. The van der Waals surface area contributed by atoms with E-state index in [0.29, 0.717) is 18.7 Å². The van der Waals surface area contributed by atoms with Gasteiger partial charge in [0.1, 0.15) is 0 Å². The van der Waals surface area contributed by atoms with Crippen LogP contribution in [-0.2, 0) is 9.47 Å². The second kappa shape index (κ2) is 6.67. The minimum atomic E-state index is -0.348. The number of nitrogens with zero attached hydrogens (tertiary/aromatic N) is 2. The monoisotopic (exact) mass is 279 g/mol. The lowest BCUT2D eigenvalue weighted by atomic mass is 10.0. The molecule has 1 saturated heterocycles. The Morgan fingerprint density at radius 2 is 2.35 bits per heavy atom. The molecule has 6 nitrogen and oxygen atoms in total. The predicted octanol–water partition coefficient (Wildman–Crippen LogP) is 0.811. The van der Waals surface area contributed by atoms with Gasteiger partial charge < -0.3 is 20.1 Å². The summed E-state index contributed by atoms with van der Waals surface area (Å²) in [6.45, 7) is 3.67. The second-order valence-electron chi connectivity index (χ2n) is 4.82. The highest BCUT2D eigenvalue weighted by Crippen LogP contribution is 2.21. The van der Waals surface area contributed by atoms with E-state index in [1.54, 1.807) is 26.3 Å². The van der Waals surface area contributed by atoms with E-state index < -0.39 is 0 Å². The first kappa shape index (κ1) is 14.7. The van der Waals surface area contributed by atoms with E-state index in [-0.39, 0.29) is 18.1 Å². The van der Waals surface area contributed by atoms with E-state index in [4.69, 9.17) is 15.2 Å². The summed E-state index contributed by atoms with van der Waals surface area (Å²) >= 11 is 0. The van der Waals surface area contributed by atoms with Crippen LogP contribution in [0.15, 0.2) is 18.5 Å². The van der Waals surface area contributed by atoms with Crippen molar-refractivity contribution in [1.82, 2.24) is 4.98 Å². The Morgan fingerprint density at radius 3 is 3.05 bits per heavy atom. The van der Waals surface area contributed by atoms with Crippen molar-refractivity contribution in [1.29, 1.82) is 0 Å². The van der Waals surface area contributed by atoms with Gasteiger partial charge in [-0.1, -0.05) is 0 Å². The van der Waals surface area contributed by atoms with Crippen LogP contribution >= 0.6 is 0 Å². The molecule has 2 heterocycles. The van der Waals surface area contributed by atoms with Gasteiger partial charge in [0.25, 0.3) is 0 Å². The molecule has 0 aliphatic carbocycles. The van der Waals surface area contributed by atoms with Crippen LogP contribution in [0.25, 0.3) is 0 Å². The van der Waals surface area contributed by atoms with Crippen LogP contribution in [0.1, 0.15) is 23.7 Å². The number of esters is 1. The van der Waals surface area contributed by atoms with Crippen LogP contribution < -0.4 is 10.6 Å². The number of aromatic nitrogens is 1. The topological polar surface area (TPSA) is 77.7 Å². The van der Waals surface area contributed by atoms with Gasteiger partial charge in [0.05, 0.1) is 30.2 Å². The van der Waals surface area contributed by atoms with E-state index in [2.05, 4.69) is 9.88 Å². The first-order chi connectivity index (χ1) is 9.65. The molecule has 1 aromatic heterocycles. The molecule has 6 heteroatoms. The van der Waals surface area contributed by atoms with E-state index in [1.807, 2.05) is 0 Å². The number of nitrogens with two attached hydrogens (primary N) is 1. The molecule has 2 N–H and O–H groups in total. The van der Waals surface area contributed by atoms with Crippen LogP contribution in [-0.4, -0.2) is 49.9 Å². The molecule has 1 aromatic rings. The second-order valence-corrected chi connectivity index (χ2v) is 4.82. The Bertz CT molecular complexity index is 467. The smallest absolute Gasteiger partial charge is 0.339 e. The number of carbonyl (C=O) groups excluding carboxylic acids is 1. The Balaban J connectivity index is 2.12. The van der Waals surface area contributed by atoms with Crippen molar-refractivity contribution in [2.45, 2.75) is 25.5 Å². The van der Waals surface area contributed by atoms with Gasteiger partial charge in [0.2, 0.25) is 0 Å². The Morgan fingerprint density at radius 1 is 1.55 bits per heavy atom. The zero-order valence-electron chi connectivity index (χ0n) is 11.9. The maximum Gasteiger partial charge on any atom is 0.339 e. The van der Waals surface area contributed by atoms with Gasteiger partial charge in [-0.05, 0) is 19.4 Å². The van der Waals surface area contributed by atoms with Gasteiger partial charge in [-0.15, -0.1) is 0 Å². The van der Waals surface area contributed by atoms with Gasteiger partial charge in [-0.3, -0.25) is 4.98 Å². The van der Waals surface area contributed by atoms with Gasteiger partial charge in [-0.25, -0.2) is 4.79 Å². The van der Waals surface area contributed by atoms with E-state index >= 15 is 0 Å². The number of pyridine rings is 1. The number of ether oxygens (including phenoxy) is 2. The van der Waals surface area contributed by atoms with Crippen LogP contribution in [0, 0.1) is 0 Å². The van der Waals surface area contributed by atoms with Crippen LogP contribution in [0.5, 0.6) is 0 Å². The van der Waals surface area contributed by atoms with E-state index in [9.17, 15) is 4.79 Å². The van der Waals surface area contributed by atoms with Crippen molar-refractivity contribution in [2.75, 3.05) is 31.7 Å². The summed E-state index contributed by atoms with van der Waals surface area (Å²) in [5.74, 6) is -0.348. The van der Waals surface area contributed by atoms with Crippen LogP contribution in [0.3, 0.4) is 0 Å². The van der Waals surface area contributed by atoms with Gasteiger partial charge in [-0.2, -0.15) is 0 Å². The van der Waals surface area contributed by atoms with Crippen molar-refractivity contribution in [2.24, 2.45) is 5.73 Å². The first-order valence-electron chi connectivity index (χ1n) is 6.81. The maximum absolute atomic E-state index is 11.7. The lowest BCUT2D eigenvalue weighted by Gasteiger charge is -2.37. The fraction of sp³-hybridized carbons (Fsp3) is 0.571. The third kappa shape index (κ3) is 3.26.